The van der Waals surface area contributed by atoms with Crippen molar-refractivity contribution in [3.8, 4) is 0 Å². The van der Waals surface area contributed by atoms with Gasteiger partial charge >= 0.3 is 11.9 Å². The molecule has 0 aromatic heterocycles. The number of halogens is 6. The molecule has 1 saturated carbocycles. The number of carbonyl (C=O) groups excluding carboxylic acids is 2. The fraction of sp³-hybridized carbons (Fsp3) is 0.692. The van der Waals surface area contributed by atoms with Crippen molar-refractivity contribution in [2.45, 2.75) is 27.9 Å². The fourth-order valence-corrected chi connectivity index (χ4v) is 5.96. The number of carbonyl (C=O) groups is 2. The topological polar surface area (TPSA) is 52.6 Å². The molecule has 2 rings (SSSR count). The van der Waals surface area contributed by atoms with Crippen LogP contribution < -0.4 is 0 Å². The molecule has 2 aliphatic rings. The minimum Gasteiger partial charge on any atom is -0.466 e. The van der Waals surface area contributed by atoms with Crippen molar-refractivity contribution >= 4 is 81.5 Å². The van der Waals surface area contributed by atoms with E-state index in [1.54, 1.807) is 13.8 Å². The molecule has 0 amide bonds. The van der Waals surface area contributed by atoms with E-state index in [0.717, 1.165) is 0 Å². The van der Waals surface area contributed by atoms with Gasteiger partial charge < -0.3 is 9.47 Å². The number of fused-ring (bicyclic) bond motifs is 2. The Morgan fingerprint density at radius 1 is 0.870 bits per heavy atom. The van der Waals surface area contributed by atoms with Crippen LogP contribution in [0.4, 0.5) is 0 Å². The van der Waals surface area contributed by atoms with Gasteiger partial charge in [-0.05, 0) is 13.8 Å². The van der Waals surface area contributed by atoms with Gasteiger partial charge in [-0.15, -0.1) is 23.2 Å². The van der Waals surface area contributed by atoms with Crippen LogP contribution >= 0.6 is 69.6 Å². The molecular formula is C13H12Cl6O4. The third-order valence-corrected chi connectivity index (χ3v) is 8.28. The first-order valence-electron chi connectivity index (χ1n) is 6.68. The highest BCUT2D eigenvalue weighted by Gasteiger charge is 2.85. The Balaban J connectivity index is 2.69. The van der Waals surface area contributed by atoms with Gasteiger partial charge in [0.2, 0.25) is 0 Å². The smallest absolute Gasteiger partial charge is 0.312 e. The van der Waals surface area contributed by atoms with E-state index in [1.807, 2.05) is 0 Å². The summed E-state index contributed by atoms with van der Waals surface area (Å²) in [5.74, 6) is -4.30. The molecule has 0 saturated heterocycles. The van der Waals surface area contributed by atoms with E-state index in [1.165, 1.54) is 0 Å². The molecule has 0 spiro atoms. The van der Waals surface area contributed by atoms with E-state index < -0.39 is 37.9 Å². The summed E-state index contributed by atoms with van der Waals surface area (Å²) in [7, 11) is 0. The summed E-state index contributed by atoms with van der Waals surface area (Å²) in [5, 5.41) is -0.362. The number of alkyl halides is 4. The first-order valence-corrected chi connectivity index (χ1v) is 8.95. The van der Waals surface area contributed by atoms with Crippen LogP contribution in [0.5, 0.6) is 0 Å². The van der Waals surface area contributed by atoms with Gasteiger partial charge in [-0.25, -0.2) is 0 Å². The lowest BCUT2D eigenvalue weighted by molar-refractivity contribution is -0.160. The minimum atomic E-state index is -2.02. The number of hydrogen-bond acceptors (Lipinski definition) is 4. The largest absolute Gasteiger partial charge is 0.466 e. The lowest BCUT2D eigenvalue weighted by atomic mass is 9.82. The minimum absolute atomic E-state index is 0.0553. The van der Waals surface area contributed by atoms with E-state index in [0.29, 0.717) is 0 Å². The molecule has 0 radical (unpaired) electrons. The fourth-order valence-electron chi connectivity index (χ4n) is 3.04. The van der Waals surface area contributed by atoms with Gasteiger partial charge in [0, 0.05) is 0 Å². The van der Waals surface area contributed by atoms with Gasteiger partial charge in [-0.2, -0.15) is 0 Å². The average molecular weight is 445 g/mol. The van der Waals surface area contributed by atoms with Crippen LogP contribution in [0.2, 0.25) is 0 Å². The average Bonchev–Trinajstić information content (AvgIpc) is 2.67. The van der Waals surface area contributed by atoms with E-state index >= 15 is 0 Å². The van der Waals surface area contributed by atoms with Crippen LogP contribution in [0.15, 0.2) is 10.1 Å². The number of rotatable bonds is 4. The van der Waals surface area contributed by atoms with Crippen molar-refractivity contribution < 1.29 is 19.1 Å². The van der Waals surface area contributed by atoms with Crippen LogP contribution in [0.1, 0.15) is 13.8 Å². The molecule has 0 heterocycles. The first-order chi connectivity index (χ1) is 10.5. The maximum atomic E-state index is 12.4. The summed E-state index contributed by atoms with van der Waals surface area (Å²) in [6.07, 6.45) is 0. The van der Waals surface area contributed by atoms with Gasteiger partial charge in [0.15, 0.2) is 4.33 Å². The molecule has 4 unspecified atom stereocenters. The zero-order chi connectivity index (χ0) is 17.8. The Labute approximate surface area is 163 Å². The lowest BCUT2D eigenvalue weighted by Crippen LogP contribution is -2.46. The molecule has 23 heavy (non-hydrogen) atoms. The lowest BCUT2D eigenvalue weighted by Gasteiger charge is -2.33. The quantitative estimate of drug-likeness (QED) is 0.482. The summed E-state index contributed by atoms with van der Waals surface area (Å²) < 4.78 is 7.96. The number of hydrogen-bond donors (Lipinski definition) is 0. The van der Waals surface area contributed by atoms with Crippen LogP contribution in [-0.2, 0) is 19.1 Å². The predicted octanol–water partition coefficient (Wildman–Crippen LogP) is 4.19. The molecule has 4 nitrogen and oxygen atoms in total. The molecule has 10 heteroatoms. The van der Waals surface area contributed by atoms with E-state index in [9.17, 15) is 9.59 Å². The molecule has 130 valence electrons. The maximum Gasteiger partial charge on any atom is 0.312 e. The van der Waals surface area contributed by atoms with Gasteiger partial charge in [0.25, 0.3) is 0 Å². The second-order valence-corrected chi connectivity index (χ2v) is 8.36. The molecule has 0 N–H and O–H groups in total. The van der Waals surface area contributed by atoms with E-state index in [-0.39, 0.29) is 23.3 Å². The summed E-state index contributed by atoms with van der Waals surface area (Å²) >= 11 is 38.1. The standard InChI is InChI=1S/C13H12Cl6O4/c1-3-22-9(20)5-6(10(21)23-4-2)12(17)8(15)7(14)11(5,16)13(12,18)19/h5-6H,3-4H2,1-2H3. The van der Waals surface area contributed by atoms with Crippen molar-refractivity contribution in [2.24, 2.45) is 11.8 Å². The van der Waals surface area contributed by atoms with Gasteiger partial charge in [0.1, 0.15) is 9.75 Å². The molecular weight excluding hydrogens is 433 g/mol. The van der Waals surface area contributed by atoms with Crippen molar-refractivity contribution in [3.05, 3.63) is 10.1 Å². The Kier molecular flexibility index (Phi) is 5.40. The number of allylic oxidation sites excluding steroid dienone is 2. The summed E-state index contributed by atoms with van der Waals surface area (Å²) in [5.41, 5.74) is 0. The molecule has 0 aromatic rings. The van der Waals surface area contributed by atoms with Gasteiger partial charge in [-0.1, -0.05) is 46.4 Å². The Bertz CT molecular complexity index is 543. The number of ether oxygens (including phenoxy) is 2. The van der Waals surface area contributed by atoms with Crippen molar-refractivity contribution in [2.75, 3.05) is 13.2 Å². The van der Waals surface area contributed by atoms with Crippen LogP contribution in [0.25, 0.3) is 0 Å². The van der Waals surface area contributed by atoms with E-state index in [4.69, 9.17) is 79.1 Å². The molecule has 0 aliphatic heterocycles. The maximum absolute atomic E-state index is 12.4. The van der Waals surface area contributed by atoms with Crippen LogP contribution in [0.3, 0.4) is 0 Å². The van der Waals surface area contributed by atoms with Gasteiger partial charge in [0.05, 0.1) is 35.1 Å². The second-order valence-electron chi connectivity index (χ2n) is 5.09. The van der Waals surface area contributed by atoms with Crippen LogP contribution in [-0.4, -0.2) is 39.2 Å². The summed E-state index contributed by atoms with van der Waals surface area (Å²) in [4.78, 5) is 21.0. The summed E-state index contributed by atoms with van der Waals surface area (Å²) in [6.45, 7) is 3.31. The normalized spacial score (nSPS) is 37.9. The zero-order valence-corrected chi connectivity index (χ0v) is 16.5. The SMILES string of the molecule is CCOC(=O)C1C(C(=O)OCC)C2(Cl)C(Cl)=C(Cl)C1(Cl)C2(Cl)Cl. The molecule has 0 aromatic carbocycles. The Morgan fingerprint density at radius 3 is 1.43 bits per heavy atom. The molecule has 1 fully saturated rings. The Morgan fingerprint density at radius 2 is 1.17 bits per heavy atom. The van der Waals surface area contributed by atoms with Crippen molar-refractivity contribution in [3.63, 3.8) is 0 Å². The molecule has 2 aliphatic carbocycles. The van der Waals surface area contributed by atoms with Gasteiger partial charge in [-0.3, -0.25) is 9.59 Å². The zero-order valence-electron chi connectivity index (χ0n) is 12.0. The predicted molar refractivity (Wildman–Crippen MR) is 90.6 cm³/mol. The van der Waals surface area contributed by atoms with Crippen LogP contribution in [0, 0.1) is 11.8 Å². The molecule has 4 atom stereocenters. The highest BCUT2D eigenvalue weighted by Crippen LogP contribution is 2.76. The highest BCUT2D eigenvalue weighted by molar-refractivity contribution is 6.66. The first kappa shape index (κ1) is 19.7. The molecule has 2 bridgehead atoms. The van der Waals surface area contributed by atoms with Crippen molar-refractivity contribution in [1.82, 2.24) is 0 Å². The number of esters is 2. The highest BCUT2D eigenvalue weighted by atomic mass is 35.5. The van der Waals surface area contributed by atoms with E-state index in [2.05, 4.69) is 0 Å². The third kappa shape index (κ3) is 2.25. The monoisotopic (exact) mass is 442 g/mol. The Hall–Kier alpha value is 0.420. The van der Waals surface area contributed by atoms with Crippen molar-refractivity contribution in [1.29, 1.82) is 0 Å². The second kappa shape index (κ2) is 6.30. The summed E-state index contributed by atoms with van der Waals surface area (Å²) in [6, 6.07) is 0. The third-order valence-electron chi connectivity index (χ3n) is 4.02.